The van der Waals surface area contributed by atoms with E-state index in [0.29, 0.717) is 23.4 Å². The van der Waals surface area contributed by atoms with Crippen molar-refractivity contribution in [2.24, 2.45) is 5.92 Å². The van der Waals surface area contributed by atoms with Crippen molar-refractivity contribution in [3.63, 3.8) is 0 Å². The minimum absolute atomic E-state index is 0.0297. The normalized spacial score (nSPS) is 22.5. The quantitative estimate of drug-likeness (QED) is 0.398. The molecule has 1 saturated carbocycles. The van der Waals surface area contributed by atoms with Gasteiger partial charge in [-0.2, -0.15) is 0 Å². The number of likely N-dealkylation sites (tertiary alicyclic amines) is 1. The predicted octanol–water partition coefficient (Wildman–Crippen LogP) is 5.72. The number of amides is 1. The third kappa shape index (κ3) is 3.58. The predicted molar refractivity (Wildman–Crippen MR) is 129 cm³/mol. The molecule has 1 aliphatic heterocycles. The molecule has 6 heteroatoms. The molecule has 2 aromatic carbocycles. The molecule has 34 heavy (non-hydrogen) atoms. The number of fused-ring (bicyclic) bond motifs is 2. The fraction of sp³-hybridized carbons (Fsp3) is 0.321. The Kier molecular flexibility index (Phi) is 5.36. The highest BCUT2D eigenvalue weighted by Gasteiger charge is 2.42. The Morgan fingerprint density at radius 3 is 2.59 bits per heavy atom. The molecule has 1 saturated heterocycles. The van der Waals surface area contributed by atoms with Crippen molar-refractivity contribution in [2.75, 3.05) is 6.54 Å². The van der Waals surface area contributed by atoms with E-state index in [1.54, 1.807) is 30.7 Å². The second kappa shape index (κ2) is 8.67. The molecule has 0 spiro atoms. The smallest absolute Gasteiger partial charge is 0.290 e. The summed E-state index contributed by atoms with van der Waals surface area (Å²) in [5.74, 6) is 1.04. The summed E-state index contributed by atoms with van der Waals surface area (Å²) in [5, 5.41) is 0. The van der Waals surface area contributed by atoms with Crippen LogP contribution in [0.25, 0.3) is 16.8 Å². The van der Waals surface area contributed by atoms with Crippen LogP contribution in [0, 0.1) is 11.7 Å². The van der Waals surface area contributed by atoms with Gasteiger partial charge in [0, 0.05) is 30.5 Å². The van der Waals surface area contributed by atoms with Crippen LogP contribution in [-0.4, -0.2) is 37.8 Å². The zero-order chi connectivity index (χ0) is 23.1. The average Bonchev–Trinajstić information content (AvgIpc) is 3.28. The standard InChI is InChI=1S/C28H27FN4O/c29-21-12-10-20(11-13-21)26-25-18-30-15-17-32(25)27(31-26)28(34)33-16-14-22(19-6-2-1-3-7-19)23-8-4-5-9-24(23)33/h1-3,6-7,10-13,15,17-18,22-24H,4-5,8-9,14,16H2. The third-order valence-corrected chi connectivity index (χ3v) is 7.62. The average molecular weight is 455 g/mol. The van der Waals surface area contributed by atoms with Gasteiger partial charge in [-0.3, -0.25) is 14.2 Å². The molecule has 3 atom stereocenters. The molecule has 172 valence electrons. The van der Waals surface area contributed by atoms with Gasteiger partial charge in [0.2, 0.25) is 5.82 Å². The van der Waals surface area contributed by atoms with Crippen molar-refractivity contribution in [2.45, 2.75) is 44.1 Å². The van der Waals surface area contributed by atoms with Crippen molar-refractivity contribution in [3.8, 4) is 11.3 Å². The molecule has 3 heterocycles. The van der Waals surface area contributed by atoms with Gasteiger partial charge >= 0.3 is 0 Å². The second-order valence-electron chi connectivity index (χ2n) is 9.44. The molecule has 2 fully saturated rings. The molecule has 0 bridgehead atoms. The van der Waals surface area contributed by atoms with Gasteiger partial charge in [-0.1, -0.05) is 43.2 Å². The van der Waals surface area contributed by atoms with Crippen LogP contribution >= 0.6 is 0 Å². The number of imidazole rings is 1. The van der Waals surface area contributed by atoms with Gasteiger partial charge in [0.15, 0.2) is 0 Å². The van der Waals surface area contributed by atoms with Crippen LogP contribution in [0.1, 0.15) is 54.2 Å². The number of aromatic nitrogens is 3. The van der Waals surface area contributed by atoms with Crippen LogP contribution in [0.4, 0.5) is 4.39 Å². The van der Waals surface area contributed by atoms with Gasteiger partial charge < -0.3 is 4.90 Å². The highest BCUT2D eigenvalue weighted by molar-refractivity contribution is 5.94. The number of hydrogen-bond donors (Lipinski definition) is 0. The molecule has 6 rings (SSSR count). The van der Waals surface area contributed by atoms with Crippen molar-refractivity contribution < 1.29 is 9.18 Å². The number of piperidine rings is 1. The highest BCUT2D eigenvalue weighted by atomic mass is 19.1. The van der Waals surface area contributed by atoms with Crippen molar-refractivity contribution in [1.29, 1.82) is 0 Å². The summed E-state index contributed by atoms with van der Waals surface area (Å²) < 4.78 is 15.3. The first-order valence-electron chi connectivity index (χ1n) is 12.1. The fourth-order valence-electron chi connectivity index (χ4n) is 6.06. The molecule has 4 aromatic rings. The van der Waals surface area contributed by atoms with Gasteiger partial charge in [0.25, 0.3) is 5.91 Å². The van der Waals surface area contributed by atoms with E-state index in [1.165, 1.54) is 24.1 Å². The first kappa shape index (κ1) is 21.0. The highest BCUT2D eigenvalue weighted by Crippen LogP contribution is 2.44. The minimum atomic E-state index is -0.300. The van der Waals surface area contributed by atoms with Crippen LogP contribution < -0.4 is 0 Å². The molecule has 3 unspecified atom stereocenters. The first-order valence-corrected chi connectivity index (χ1v) is 12.1. The van der Waals surface area contributed by atoms with Gasteiger partial charge in [-0.25, -0.2) is 9.37 Å². The molecule has 1 aliphatic carbocycles. The monoisotopic (exact) mass is 454 g/mol. The van der Waals surface area contributed by atoms with Crippen LogP contribution in [0.3, 0.4) is 0 Å². The summed E-state index contributed by atoms with van der Waals surface area (Å²) >= 11 is 0. The van der Waals surface area contributed by atoms with Gasteiger partial charge in [0.1, 0.15) is 5.82 Å². The fourth-order valence-corrected chi connectivity index (χ4v) is 6.06. The number of halogens is 1. The van der Waals surface area contributed by atoms with E-state index in [1.807, 2.05) is 4.40 Å². The molecule has 0 radical (unpaired) electrons. The van der Waals surface area contributed by atoms with Crippen LogP contribution in [0.15, 0.2) is 73.2 Å². The maximum atomic E-state index is 14.0. The van der Waals surface area contributed by atoms with E-state index in [2.05, 4.69) is 40.2 Å². The van der Waals surface area contributed by atoms with Gasteiger partial charge in [-0.15, -0.1) is 0 Å². The van der Waals surface area contributed by atoms with E-state index >= 15 is 0 Å². The molecule has 2 aliphatic rings. The van der Waals surface area contributed by atoms with Gasteiger partial charge in [-0.05, 0) is 60.9 Å². The zero-order valence-electron chi connectivity index (χ0n) is 19.0. The summed E-state index contributed by atoms with van der Waals surface area (Å²) in [4.78, 5) is 25.1. The number of benzene rings is 2. The zero-order valence-corrected chi connectivity index (χ0v) is 19.0. The van der Waals surface area contributed by atoms with Crippen molar-refractivity contribution >= 4 is 11.4 Å². The summed E-state index contributed by atoms with van der Waals surface area (Å²) in [6.07, 6.45) is 10.7. The van der Waals surface area contributed by atoms with Crippen LogP contribution in [-0.2, 0) is 0 Å². The summed E-state index contributed by atoms with van der Waals surface area (Å²) in [5.41, 5.74) is 3.55. The number of nitrogens with zero attached hydrogens (tertiary/aromatic N) is 4. The first-order chi connectivity index (χ1) is 16.7. The molecule has 2 aromatic heterocycles. The summed E-state index contributed by atoms with van der Waals surface area (Å²) in [6.45, 7) is 0.728. The number of carbonyl (C=O) groups excluding carboxylic acids is 1. The minimum Gasteiger partial charge on any atom is -0.333 e. The molecular weight excluding hydrogens is 427 g/mol. The molecule has 0 N–H and O–H groups in total. The van der Waals surface area contributed by atoms with E-state index in [-0.39, 0.29) is 17.8 Å². The van der Waals surface area contributed by atoms with E-state index in [0.717, 1.165) is 43.3 Å². The van der Waals surface area contributed by atoms with Crippen LogP contribution in [0.5, 0.6) is 0 Å². The summed E-state index contributed by atoms with van der Waals surface area (Å²) in [6, 6.07) is 17.2. The Morgan fingerprint density at radius 1 is 0.971 bits per heavy atom. The topological polar surface area (TPSA) is 50.5 Å². The largest absolute Gasteiger partial charge is 0.333 e. The van der Waals surface area contributed by atoms with E-state index in [9.17, 15) is 9.18 Å². The lowest BCUT2D eigenvalue weighted by Gasteiger charge is -2.48. The lowest BCUT2D eigenvalue weighted by Crippen LogP contribution is -2.52. The maximum Gasteiger partial charge on any atom is 0.290 e. The van der Waals surface area contributed by atoms with Crippen molar-refractivity contribution in [1.82, 2.24) is 19.3 Å². The Balaban J connectivity index is 1.37. The van der Waals surface area contributed by atoms with E-state index < -0.39 is 0 Å². The number of carbonyl (C=O) groups is 1. The molecule has 5 nitrogen and oxygen atoms in total. The number of rotatable bonds is 3. The molecular formula is C28H27FN4O. The van der Waals surface area contributed by atoms with Crippen LogP contribution in [0.2, 0.25) is 0 Å². The second-order valence-corrected chi connectivity index (χ2v) is 9.44. The van der Waals surface area contributed by atoms with Gasteiger partial charge in [0.05, 0.1) is 17.4 Å². The number of hydrogen-bond acceptors (Lipinski definition) is 3. The Labute approximate surface area is 198 Å². The van der Waals surface area contributed by atoms with E-state index in [4.69, 9.17) is 4.98 Å². The Hall–Kier alpha value is -3.54. The third-order valence-electron chi connectivity index (χ3n) is 7.62. The Bertz CT molecular complexity index is 1320. The SMILES string of the molecule is O=C(c1nc(-c2ccc(F)cc2)c2cnccn12)N1CCC(c2ccccc2)C2CCCCC21. The summed E-state index contributed by atoms with van der Waals surface area (Å²) in [7, 11) is 0. The Morgan fingerprint density at radius 2 is 1.76 bits per heavy atom. The lowest BCUT2D eigenvalue weighted by molar-refractivity contribution is 0.0308. The van der Waals surface area contributed by atoms with Crippen molar-refractivity contribution in [3.05, 3.63) is 90.4 Å². The lowest BCUT2D eigenvalue weighted by atomic mass is 9.69. The maximum absolute atomic E-state index is 14.0. The molecule has 1 amide bonds.